The van der Waals surface area contributed by atoms with Gasteiger partial charge in [0.05, 0.1) is 0 Å². The van der Waals surface area contributed by atoms with Crippen LogP contribution in [-0.4, -0.2) is 18.7 Å². The van der Waals surface area contributed by atoms with Crippen LogP contribution >= 0.6 is 0 Å². The van der Waals surface area contributed by atoms with Gasteiger partial charge in [0.1, 0.15) is 0 Å². The molecule has 1 aliphatic heterocycles. The first-order valence-electron chi connectivity index (χ1n) is 7.81. The summed E-state index contributed by atoms with van der Waals surface area (Å²) in [4.78, 5) is 13.5. The maximum Gasteiger partial charge on any atom is 0.248 e. The lowest BCUT2D eigenvalue weighted by Gasteiger charge is -2.20. The summed E-state index contributed by atoms with van der Waals surface area (Å²) in [5.74, 6) is -0.407. The van der Waals surface area contributed by atoms with E-state index in [1.807, 2.05) is 18.2 Å². The molecule has 1 aliphatic rings. The molecule has 2 aromatic carbocycles. The Balaban J connectivity index is 1.79. The molecule has 0 saturated heterocycles. The fraction of sp³-hybridized carbons (Fsp3) is 0.158. The van der Waals surface area contributed by atoms with Crippen LogP contribution in [0.3, 0.4) is 0 Å². The number of nitrogens with two attached hydrogens (primary N) is 2. The highest BCUT2D eigenvalue weighted by Gasteiger charge is 2.19. The molecule has 0 fully saturated rings. The Labute approximate surface area is 141 Å². The van der Waals surface area contributed by atoms with E-state index in [0.29, 0.717) is 5.56 Å². The van der Waals surface area contributed by atoms with Gasteiger partial charge < -0.3 is 21.8 Å². The van der Waals surface area contributed by atoms with Crippen LogP contribution in [0.5, 0.6) is 0 Å². The number of carbonyl (C=O) groups excluding carboxylic acids is 1. The van der Waals surface area contributed by atoms with Crippen LogP contribution in [0, 0.1) is 5.41 Å². The number of rotatable bonds is 5. The van der Waals surface area contributed by atoms with Crippen LogP contribution in [0.1, 0.15) is 27.0 Å². The molecule has 0 bridgehead atoms. The number of hydrogen-bond acceptors (Lipinski definition) is 4. The second-order valence-corrected chi connectivity index (χ2v) is 5.84. The second kappa shape index (κ2) is 6.58. The van der Waals surface area contributed by atoms with Crippen molar-refractivity contribution in [3.05, 3.63) is 70.9 Å². The van der Waals surface area contributed by atoms with Crippen molar-refractivity contribution >= 4 is 23.4 Å². The number of benzene rings is 2. The third-order valence-corrected chi connectivity index (χ3v) is 4.35. The van der Waals surface area contributed by atoms with Crippen LogP contribution < -0.4 is 16.4 Å². The smallest absolute Gasteiger partial charge is 0.248 e. The third-order valence-electron chi connectivity index (χ3n) is 4.35. The highest BCUT2D eigenvalue weighted by Crippen LogP contribution is 2.31. The molecule has 2 aromatic rings. The molecule has 1 amide bonds. The predicted octanol–water partition coefficient (Wildman–Crippen LogP) is 2.30. The standard InChI is InChI=1S/C19H20N4O/c20-10-17(11-21)15-5-6-18-16(9-15)7-8-23(18)12-13-1-3-14(4-2-13)19(22)24/h1-6,9-11,20H,7-8,12,21H2,(H2,22,24)/b17-11+,20-10?. The van der Waals surface area contributed by atoms with Crippen molar-refractivity contribution in [1.82, 2.24) is 0 Å². The summed E-state index contributed by atoms with van der Waals surface area (Å²) < 4.78 is 0. The summed E-state index contributed by atoms with van der Waals surface area (Å²) in [5, 5.41) is 7.41. The SMILES string of the molecule is N=C/C(=C\N)c1ccc2c(c1)CCN2Cc1ccc(C(N)=O)cc1. The molecule has 0 atom stereocenters. The molecule has 0 saturated carbocycles. The van der Waals surface area contributed by atoms with Crippen LogP contribution in [-0.2, 0) is 13.0 Å². The number of anilines is 1. The summed E-state index contributed by atoms with van der Waals surface area (Å²) >= 11 is 0. The van der Waals surface area contributed by atoms with Gasteiger partial charge in [-0.3, -0.25) is 4.79 Å². The van der Waals surface area contributed by atoms with E-state index in [-0.39, 0.29) is 0 Å². The first-order valence-corrected chi connectivity index (χ1v) is 7.81. The molecular weight excluding hydrogens is 300 g/mol. The number of amides is 1. The number of hydrogen-bond donors (Lipinski definition) is 3. The molecule has 0 aliphatic carbocycles. The van der Waals surface area contributed by atoms with Gasteiger partial charge in [-0.1, -0.05) is 18.2 Å². The molecule has 24 heavy (non-hydrogen) atoms. The molecule has 122 valence electrons. The van der Waals surface area contributed by atoms with Crippen molar-refractivity contribution in [3.63, 3.8) is 0 Å². The maximum atomic E-state index is 11.1. The largest absolute Gasteiger partial charge is 0.404 e. The summed E-state index contributed by atoms with van der Waals surface area (Å²) in [6.45, 7) is 1.73. The molecule has 0 spiro atoms. The zero-order valence-electron chi connectivity index (χ0n) is 13.3. The lowest BCUT2D eigenvalue weighted by atomic mass is 10.0. The fourth-order valence-corrected chi connectivity index (χ4v) is 3.04. The average molecular weight is 320 g/mol. The van der Waals surface area contributed by atoms with Crippen LogP contribution in [0.2, 0.25) is 0 Å². The van der Waals surface area contributed by atoms with E-state index in [0.717, 1.165) is 36.2 Å². The quantitative estimate of drug-likeness (QED) is 0.737. The highest BCUT2D eigenvalue weighted by atomic mass is 16.1. The number of allylic oxidation sites excluding steroid dienone is 1. The molecular formula is C19H20N4O. The molecule has 5 nitrogen and oxygen atoms in total. The Bertz CT molecular complexity index is 809. The number of primary amides is 1. The van der Waals surface area contributed by atoms with E-state index in [1.54, 1.807) is 12.1 Å². The van der Waals surface area contributed by atoms with E-state index in [4.69, 9.17) is 16.9 Å². The predicted molar refractivity (Wildman–Crippen MR) is 97.1 cm³/mol. The van der Waals surface area contributed by atoms with Crippen molar-refractivity contribution in [2.75, 3.05) is 11.4 Å². The third kappa shape index (κ3) is 3.01. The van der Waals surface area contributed by atoms with Crippen LogP contribution in [0.4, 0.5) is 5.69 Å². The van der Waals surface area contributed by atoms with Crippen molar-refractivity contribution < 1.29 is 4.79 Å². The topological polar surface area (TPSA) is 96.2 Å². The van der Waals surface area contributed by atoms with Gasteiger partial charge in [-0.05, 0) is 47.4 Å². The van der Waals surface area contributed by atoms with Gasteiger partial charge in [0, 0.05) is 42.3 Å². The summed E-state index contributed by atoms with van der Waals surface area (Å²) in [5.41, 5.74) is 16.7. The lowest BCUT2D eigenvalue weighted by molar-refractivity contribution is 0.100. The summed E-state index contributed by atoms with van der Waals surface area (Å²) in [6, 6.07) is 13.6. The van der Waals surface area contributed by atoms with E-state index < -0.39 is 5.91 Å². The van der Waals surface area contributed by atoms with Crippen molar-refractivity contribution in [2.45, 2.75) is 13.0 Å². The van der Waals surface area contributed by atoms with Gasteiger partial charge in [-0.2, -0.15) is 0 Å². The van der Waals surface area contributed by atoms with Gasteiger partial charge >= 0.3 is 0 Å². The Morgan fingerprint density at radius 2 is 1.88 bits per heavy atom. The molecule has 5 N–H and O–H groups in total. The Morgan fingerprint density at radius 3 is 2.50 bits per heavy atom. The minimum Gasteiger partial charge on any atom is -0.404 e. The summed E-state index contributed by atoms with van der Waals surface area (Å²) in [6.07, 6.45) is 3.70. The molecule has 1 heterocycles. The monoisotopic (exact) mass is 320 g/mol. The minimum atomic E-state index is -0.407. The van der Waals surface area contributed by atoms with Gasteiger partial charge in [0.15, 0.2) is 0 Å². The van der Waals surface area contributed by atoms with Crippen molar-refractivity contribution in [1.29, 1.82) is 5.41 Å². The molecule has 0 unspecified atom stereocenters. The lowest BCUT2D eigenvalue weighted by Crippen LogP contribution is -2.19. The molecule has 3 rings (SSSR count). The molecule has 0 radical (unpaired) electrons. The van der Waals surface area contributed by atoms with Crippen LogP contribution in [0.25, 0.3) is 5.57 Å². The van der Waals surface area contributed by atoms with E-state index >= 15 is 0 Å². The van der Waals surface area contributed by atoms with Crippen LogP contribution in [0.15, 0.2) is 48.7 Å². The maximum absolute atomic E-state index is 11.1. The Hall–Kier alpha value is -3.08. The Morgan fingerprint density at radius 1 is 1.17 bits per heavy atom. The molecule has 0 aromatic heterocycles. The van der Waals surface area contributed by atoms with Crippen molar-refractivity contribution in [3.8, 4) is 0 Å². The number of nitrogens with one attached hydrogen (secondary N) is 1. The van der Waals surface area contributed by atoms with Gasteiger partial charge in [0.2, 0.25) is 5.91 Å². The zero-order chi connectivity index (χ0) is 17.1. The number of carbonyl (C=O) groups is 1. The van der Waals surface area contributed by atoms with Gasteiger partial charge in [-0.15, -0.1) is 0 Å². The second-order valence-electron chi connectivity index (χ2n) is 5.84. The number of nitrogens with zero attached hydrogens (tertiary/aromatic N) is 1. The average Bonchev–Trinajstić information content (AvgIpc) is 2.99. The first kappa shape index (κ1) is 15.8. The molecule has 5 heteroatoms. The summed E-state index contributed by atoms with van der Waals surface area (Å²) in [7, 11) is 0. The van der Waals surface area contributed by atoms with E-state index in [1.165, 1.54) is 23.7 Å². The van der Waals surface area contributed by atoms with E-state index in [9.17, 15) is 4.79 Å². The normalized spacial score (nSPS) is 13.7. The minimum absolute atomic E-state index is 0.407. The van der Waals surface area contributed by atoms with Gasteiger partial charge in [0.25, 0.3) is 0 Å². The first-order chi connectivity index (χ1) is 11.6. The van der Waals surface area contributed by atoms with Gasteiger partial charge in [-0.25, -0.2) is 0 Å². The Kier molecular flexibility index (Phi) is 4.33. The number of fused-ring (bicyclic) bond motifs is 1. The zero-order valence-corrected chi connectivity index (χ0v) is 13.3. The fourth-order valence-electron chi connectivity index (χ4n) is 3.04. The highest BCUT2D eigenvalue weighted by molar-refractivity contribution is 6.08. The van der Waals surface area contributed by atoms with Crippen molar-refractivity contribution in [2.24, 2.45) is 11.5 Å². The van der Waals surface area contributed by atoms with E-state index in [2.05, 4.69) is 17.0 Å².